The van der Waals surface area contributed by atoms with E-state index in [0.29, 0.717) is 25.6 Å². The first-order valence-electron chi connectivity index (χ1n) is 6.80. The van der Waals surface area contributed by atoms with Gasteiger partial charge in [0.25, 0.3) is 0 Å². The number of rotatable bonds is 9. The van der Waals surface area contributed by atoms with Crippen molar-refractivity contribution >= 4 is 11.6 Å². The minimum absolute atomic E-state index is 0.106. The molecule has 1 heterocycles. The van der Waals surface area contributed by atoms with Crippen molar-refractivity contribution in [1.29, 1.82) is 0 Å². The number of likely N-dealkylation sites (N-methyl/N-ethyl adjacent to an activating group) is 1. The summed E-state index contributed by atoms with van der Waals surface area (Å²) in [6.07, 6.45) is 0. The third-order valence-electron chi connectivity index (χ3n) is 2.63. The zero-order valence-electron chi connectivity index (χ0n) is 12.0. The molecule has 1 aromatic rings. The van der Waals surface area contributed by atoms with Gasteiger partial charge >= 0.3 is 0 Å². The Kier molecular flexibility index (Phi) is 7.14. The lowest BCUT2D eigenvalue weighted by Crippen LogP contribution is -2.27. The van der Waals surface area contributed by atoms with Crippen LogP contribution in [-0.2, 0) is 11.3 Å². The van der Waals surface area contributed by atoms with Crippen LogP contribution < -0.4 is 10.2 Å². The van der Waals surface area contributed by atoms with Crippen molar-refractivity contribution in [3.63, 3.8) is 0 Å². The molecule has 0 amide bonds. The zero-order valence-corrected chi connectivity index (χ0v) is 12.0. The lowest BCUT2D eigenvalue weighted by molar-refractivity contribution is 0.128. The summed E-state index contributed by atoms with van der Waals surface area (Å²) in [6, 6.07) is 1.90. The van der Waals surface area contributed by atoms with E-state index in [9.17, 15) is 0 Å². The molecule has 0 aromatic carbocycles. The molecule has 0 spiro atoms. The Labute approximate surface area is 114 Å². The Balaban J connectivity index is 2.96. The van der Waals surface area contributed by atoms with Crippen molar-refractivity contribution in [3.05, 3.63) is 11.9 Å². The average Bonchev–Trinajstić information content (AvgIpc) is 2.42. The van der Waals surface area contributed by atoms with Crippen LogP contribution in [0, 0.1) is 0 Å². The molecule has 1 aromatic heterocycles. The summed E-state index contributed by atoms with van der Waals surface area (Å²) < 4.78 is 5.36. The Hall–Kier alpha value is -1.40. The summed E-state index contributed by atoms with van der Waals surface area (Å²) in [5.74, 6) is 2.27. The highest BCUT2D eigenvalue weighted by Crippen LogP contribution is 2.16. The molecular formula is C13H24N4O2. The monoisotopic (exact) mass is 268 g/mol. The Morgan fingerprint density at radius 1 is 1.32 bits per heavy atom. The average molecular weight is 268 g/mol. The highest BCUT2D eigenvalue weighted by molar-refractivity contribution is 5.49. The third-order valence-corrected chi connectivity index (χ3v) is 2.63. The highest BCUT2D eigenvalue weighted by atomic mass is 16.5. The van der Waals surface area contributed by atoms with Gasteiger partial charge in [-0.25, -0.2) is 9.97 Å². The maximum absolute atomic E-state index is 9.09. The molecule has 0 saturated heterocycles. The van der Waals surface area contributed by atoms with E-state index in [1.165, 1.54) is 0 Å². The van der Waals surface area contributed by atoms with E-state index in [0.717, 1.165) is 24.7 Å². The van der Waals surface area contributed by atoms with Gasteiger partial charge in [-0.1, -0.05) is 0 Å². The molecule has 108 valence electrons. The molecule has 0 radical (unpaired) electrons. The van der Waals surface area contributed by atoms with E-state index in [4.69, 9.17) is 9.84 Å². The predicted molar refractivity (Wildman–Crippen MR) is 76.5 cm³/mol. The fraction of sp³-hybridized carbons (Fsp3) is 0.692. The van der Waals surface area contributed by atoms with Crippen LogP contribution in [0.4, 0.5) is 11.6 Å². The molecule has 2 N–H and O–H groups in total. The Bertz CT molecular complexity index is 374. The van der Waals surface area contributed by atoms with Gasteiger partial charge in [0.2, 0.25) is 0 Å². The fourth-order valence-electron chi connectivity index (χ4n) is 1.73. The molecule has 1 rings (SSSR count). The van der Waals surface area contributed by atoms with Crippen LogP contribution >= 0.6 is 0 Å². The van der Waals surface area contributed by atoms with Gasteiger partial charge < -0.3 is 20.1 Å². The second-order valence-electron chi connectivity index (χ2n) is 4.00. The molecule has 6 heteroatoms. The van der Waals surface area contributed by atoms with E-state index in [1.54, 1.807) is 0 Å². The molecular weight excluding hydrogens is 244 g/mol. The molecule has 0 fully saturated rings. The number of aliphatic hydroxyl groups is 1. The van der Waals surface area contributed by atoms with Gasteiger partial charge in [-0.05, 0) is 20.8 Å². The lowest BCUT2D eigenvalue weighted by Gasteiger charge is -2.22. The SMILES string of the molecule is CCNc1cc(N(CC)CCO)nc(COCC)n1. The molecule has 0 unspecified atom stereocenters. The van der Waals surface area contributed by atoms with E-state index in [2.05, 4.69) is 15.3 Å². The van der Waals surface area contributed by atoms with Gasteiger partial charge in [-0.2, -0.15) is 0 Å². The van der Waals surface area contributed by atoms with Crippen molar-refractivity contribution in [2.45, 2.75) is 27.4 Å². The molecule has 0 saturated carbocycles. The largest absolute Gasteiger partial charge is 0.395 e. The quantitative estimate of drug-likeness (QED) is 0.702. The number of ether oxygens (including phenoxy) is 1. The number of aromatic nitrogens is 2. The van der Waals surface area contributed by atoms with Gasteiger partial charge in [-0.15, -0.1) is 0 Å². The van der Waals surface area contributed by atoms with E-state index in [-0.39, 0.29) is 6.61 Å². The van der Waals surface area contributed by atoms with Crippen LogP contribution in [0.1, 0.15) is 26.6 Å². The van der Waals surface area contributed by atoms with Gasteiger partial charge in [-0.3, -0.25) is 0 Å². The Morgan fingerprint density at radius 3 is 2.68 bits per heavy atom. The number of anilines is 2. The summed E-state index contributed by atoms with van der Waals surface area (Å²) in [6.45, 7) is 9.30. The normalized spacial score (nSPS) is 10.5. The topological polar surface area (TPSA) is 70.5 Å². The molecule has 0 aliphatic rings. The number of hydrogen-bond acceptors (Lipinski definition) is 6. The minimum Gasteiger partial charge on any atom is -0.395 e. The van der Waals surface area contributed by atoms with Crippen molar-refractivity contribution in [3.8, 4) is 0 Å². The maximum Gasteiger partial charge on any atom is 0.158 e. The predicted octanol–water partition coefficient (Wildman–Crippen LogP) is 1.26. The van der Waals surface area contributed by atoms with Crippen molar-refractivity contribution in [2.24, 2.45) is 0 Å². The molecule has 19 heavy (non-hydrogen) atoms. The molecule has 0 aliphatic heterocycles. The molecule has 0 atom stereocenters. The van der Waals surface area contributed by atoms with Crippen LogP contribution in [0.25, 0.3) is 0 Å². The zero-order chi connectivity index (χ0) is 14.1. The van der Waals surface area contributed by atoms with Gasteiger partial charge in [0, 0.05) is 32.3 Å². The maximum atomic E-state index is 9.09. The van der Waals surface area contributed by atoms with Crippen LogP contribution in [-0.4, -0.2) is 47.9 Å². The second kappa shape index (κ2) is 8.66. The third kappa shape index (κ3) is 5.00. The van der Waals surface area contributed by atoms with Crippen LogP contribution in [0.2, 0.25) is 0 Å². The second-order valence-corrected chi connectivity index (χ2v) is 4.00. The first-order chi connectivity index (χ1) is 9.24. The number of nitrogens with zero attached hydrogens (tertiary/aromatic N) is 3. The summed E-state index contributed by atoms with van der Waals surface area (Å²) in [7, 11) is 0. The van der Waals surface area contributed by atoms with Gasteiger partial charge in [0.15, 0.2) is 5.82 Å². The standard InChI is InChI=1S/C13H24N4O2/c1-4-14-11-9-13(17(5-2)7-8-18)16-12(15-11)10-19-6-3/h9,18H,4-8,10H2,1-3H3,(H,14,15,16). The van der Waals surface area contributed by atoms with Crippen LogP contribution in [0.5, 0.6) is 0 Å². The van der Waals surface area contributed by atoms with Crippen LogP contribution in [0.15, 0.2) is 6.07 Å². The first-order valence-corrected chi connectivity index (χ1v) is 6.80. The highest BCUT2D eigenvalue weighted by Gasteiger charge is 2.10. The smallest absolute Gasteiger partial charge is 0.158 e. The number of aliphatic hydroxyl groups excluding tert-OH is 1. The summed E-state index contributed by atoms with van der Waals surface area (Å²) in [4.78, 5) is 10.9. The number of hydrogen-bond donors (Lipinski definition) is 2. The number of nitrogens with one attached hydrogen (secondary N) is 1. The van der Waals surface area contributed by atoms with Gasteiger partial charge in [0.05, 0.1) is 6.61 Å². The van der Waals surface area contributed by atoms with Crippen molar-refractivity contribution < 1.29 is 9.84 Å². The van der Waals surface area contributed by atoms with E-state index >= 15 is 0 Å². The van der Waals surface area contributed by atoms with Gasteiger partial charge in [0.1, 0.15) is 18.2 Å². The van der Waals surface area contributed by atoms with E-state index < -0.39 is 0 Å². The Morgan fingerprint density at radius 2 is 2.11 bits per heavy atom. The molecule has 6 nitrogen and oxygen atoms in total. The first kappa shape index (κ1) is 15.7. The minimum atomic E-state index is 0.106. The fourth-order valence-corrected chi connectivity index (χ4v) is 1.73. The van der Waals surface area contributed by atoms with Crippen molar-refractivity contribution in [2.75, 3.05) is 43.1 Å². The van der Waals surface area contributed by atoms with Crippen molar-refractivity contribution in [1.82, 2.24) is 9.97 Å². The summed E-state index contributed by atoms with van der Waals surface area (Å²) in [5, 5.41) is 12.3. The summed E-state index contributed by atoms with van der Waals surface area (Å²) >= 11 is 0. The molecule has 0 aliphatic carbocycles. The van der Waals surface area contributed by atoms with Crippen LogP contribution in [0.3, 0.4) is 0 Å². The lowest BCUT2D eigenvalue weighted by atomic mass is 10.4. The summed E-state index contributed by atoms with van der Waals surface area (Å²) in [5.41, 5.74) is 0. The van der Waals surface area contributed by atoms with E-state index in [1.807, 2.05) is 31.7 Å². The molecule has 0 bridgehead atoms.